The zero-order valence-corrected chi connectivity index (χ0v) is 9.10. The van der Waals surface area contributed by atoms with E-state index in [2.05, 4.69) is 25.5 Å². The molecule has 0 amide bonds. The molecule has 0 saturated heterocycles. The zero-order valence-electron chi connectivity index (χ0n) is 9.10. The fraction of sp³-hybridized carbons (Fsp3) is 0.727. The van der Waals surface area contributed by atoms with Crippen molar-refractivity contribution in [3.8, 4) is 0 Å². The first-order valence-corrected chi connectivity index (χ1v) is 4.95. The lowest BCUT2D eigenvalue weighted by Crippen LogP contribution is -2.18. The Balaban J connectivity index is 3.36. The topological polar surface area (TPSA) is 20.3 Å². The number of rotatable bonds is 7. The van der Waals surface area contributed by atoms with Crippen LogP contribution in [0.1, 0.15) is 33.1 Å². The molecule has 13 heavy (non-hydrogen) atoms. The molecule has 2 heteroatoms. The molecule has 0 spiro atoms. The molecule has 0 aliphatic heterocycles. The maximum Gasteiger partial charge on any atom is 0.157 e. The number of allylic oxidation sites excluding steroid dienone is 1. The SMILES string of the molecule is C=C(C)C(=O)CCCCN(C)CC. The van der Waals surface area contributed by atoms with E-state index in [-0.39, 0.29) is 5.78 Å². The number of nitrogens with zero attached hydrogens (tertiary/aromatic N) is 1. The number of carbonyl (C=O) groups is 1. The van der Waals surface area contributed by atoms with E-state index in [9.17, 15) is 4.79 Å². The summed E-state index contributed by atoms with van der Waals surface area (Å²) >= 11 is 0. The Morgan fingerprint density at radius 1 is 1.38 bits per heavy atom. The van der Waals surface area contributed by atoms with E-state index in [1.54, 1.807) is 6.92 Å². The van der Waals surface area contributed by atoms with Gasteiger partial charge in [-0.2, -0.15) is 0 Å². The van der Waals surface area contributed by atoms with Gasteiger partial charge in [0.15, 0.2) is 5.78 Å². The van der Waals surface area contributed by atoms with Gasteiger partial charge in [-0.15, -0.1) is 0 Å². The second-order valence-corrected chi connectivity index (χ2v) is 3.56. The lowest BCUT2D eigenvalue weighted by atomic mass is 10.1. The molecular weight excluding hydrogens is 162 g/mol. The summed E-state index contributed by atoms with van der Waals surface area (Å²) in [7, 11) is 2.10. The average Bonchev–Trinajstić information content (AvgIpc) is 2.11. The molecular formula is C11H21NO. The van der Waals surface area contributed by atoms with Crippen LogP contribution in [0.25, 0.3) is 0 Å². The minimum atomic E-state index is 0.208. The van der Waals surface area contributed by atoms with Crippen molar-refractivity contribution < 1.29 is 4.79 Å². The van der Waals surface area contributed by atoms with Crippen molar-refractivity contribution in [2.45, 2.75) is 33.1 Å². The quantitative estimate of drug-likeness (QED) is 0.446. The molecule has 0 aromatic rings. The maximum absolute atomic E-state index is 11.1. The van der Waals surface area contributed by atoms with Crippen molar-refractivity contribution in [3.63, 3.8) is 0 Å². The molecule has 0 aromatic carbocycles. The van der Waals surface area contributed by atoms with Crippen LogP contribution in [0.4, 0.5) is 0 Å². The molecule has 0 N–H and O–H groups in total. The van der Waals surface area contributed by atoms with E-state index in [0.717, 1.165) is 25.9 Å². The van der Waals surface area contributed by atoms with E-state index in [0.29, 0.717) is 12.0 Å². The zero-order chi connectivity index (χ0) is 10.3. The fourth-order valence-corrected chi connectivity index (χ4v) is 1.04. The van der Waals surface area contributed by atoms with Crippen LogP contribution < -0.4 is 0 Å². The number of Topliss-reactive ketones (excluding diaryl/α,β-unsaturated/α-hetero) is 1. The first kappa shape index (κ1) is 12.4. The number of hydrogen-bond donors (Lipinski definition) is 0. The van der Waals surface area contributed by atoms with Crippen LogP contribution in [0.3, 0.4) is 0 Å². The lowest BCUT2D eigenvalue weighted by molar-refractivity contribution is -0.115. The van der Waals surface area contributed by atoms with Crippen LogP contribution in [-0.2, 0) is 4.79 Å². The average molecular weight is 183 g/mol. The Morgan fingerprint density at radius 3 is 2.46 bits per heavy atom. The highest BCUT2D eigenvalue weighted by atomic mass is 16.1. The van der Waals surface area contributed by atoms with E-state index in [1.807, 2.05) is 0 Å². The molecule has 0 bridgehead atoms. The highest BCUT2D eigenvalue weighted by Crippen LogP contribution is 2.02. The Hall–Kier alpha value is -0.630. The van der Waals surface area contributed by atoms with E-state index in [1.165, 1.54) is 0 Å². The molecule has 0 aliphatic rings. The Bertz CT molecular complexity index is 175. The van der Waals surface area contributed by atoms with Crippen LogP contribution in [-0.4, -0.2) is 30.8 Å². The number of ketones is 1. The molecule has 0 heterocycles. The molecule has 0 radical (unpaired) electrons. The van der Waals surface area contributed by atoms with Gasteiger partial charge >= 0.3 is 0 Å². The number of hydrogen-bond acceptors (Lipinski definition) is 2. The summed E-state index contributed by atoms with van der Waals surface area (Å²) in [6.45, 7) is 9.70. The third-order valence-electron chi connectivity index (χ3n) is 2.21. The molecule has 76 valence electrons. The summed E-state index contributed by atoms with van der Waals surface area (Å²) in [5, 5.41) is 0. The predicted octanol–water partition coefficient (Wildman–Crippen LogP) is 2.25. The summed E-state index contributed by atoms with van der Waals surface area (Å²) < 4.78 is 0. The van der Waals surface area contributed by atoms with Crippen molar-refractivity contribution in [2.24, 2.45) is 0 Å². The minimum Gasteiger partial charge on any atom is -0.307 e. The normalized spacial score (nSPS) is 10.5. The highest BCUT2D eigenvalue weighted by Gasteiger charge is 2.01. The summed E-state index contributed by atoms with van der Waals surface area (Å²) in [6, 6.07) is 0. The van der Waals surface area contributed by atoms with Gasteiger partial charge in [0.05, 0.1) is 0 Å². The third-order valence-corrected chi connectivity index (χ3v) is 2.21. The van der Waals surface area contributed by atoms with E-state index < -0.39 is 0 Å². The van der Waals surface area contributed by atoms with Crippen LogP contribution in [0.5, 0.6) is 0 Å². The van der Waals surface area contributed by atoms with Gasteiger partial charge < -0.3 is 4.90 Å². The minimum absolute atomic E-state index is 0.208. The van der Waals surface area contributed by atoms with Crippen LogP contribution in [0, 0.1) is 0 Å². The van der Waals surface area contributed by atoms with Crippen molar-refractivity contribution in [1.29, 1.82) is 0 Å². The van der Waals surface area contributed by atoms with E-state index in [4.69, 9.17) is 0 Å². The van der Waals surface area contributed by atoms with Crippen molar-refractivity contribution >= 4 is 5.78 Å². The van der Waals surface area contributed by atoms with Gasteiger partial charge in [0, 0.05) is 6.42 Å². The van der Waals surface area contributed by atoms with Gasteiger partial charge in [0.2, 0.25) is 0 Å². The summed E-state index contributed by atoms with van der Waals surface area (Å²) in [6.07, 6.45) is 2.74. The van der Waals surface area contributed by atoms with Crippen LogP contribution in [0.15, 0.2) is 12.2 Å². The van der Waals surface area contributed by atoms with Crippen molar-refractivity contribution in [2.75, 3.05) is 20.1 Å². The van der Waals surface area contributed by atoms with E-state index >= 15 is 0 Å². The summed E-state index contributed by atoms with van der Waals surface area (Å²) in [5.41, 5.74) is 0.684. The molecule has 2 nitrogen and oxygen atoms in total. The molecule has 0 aromatic heterocycles. The number of unbranched alkanes of at least 4 members (excludes halogenated alkanes) is 1. The molecule has 0 rings (SSSR count). The second kappa shape index (κ2) is 6.84. The Labute approximate surface area is 81.6 Å². The van der Waals surface area contributed by atoms with Gasteiger partial charge in [-0.3, -0.25) is 4.79 Å². The fourth-order valence-electron chi connectivity index (χ4n) is 1.04. The third kappa shape index (κ3) is 6.52. The maximum atomic E-state index is 11.1. The smallest absolute Gasteiger partial charge is 0.157 e. The summed E-state index contributed by atoms with van der Waals surface area (Å²) in [4.78, 5) is 13.4. The van der Waals surface area contributed by atoms with Gasteiger partial charge in [0.25, 0.3) is 0 Å². The van der Waals surface area contributed by atoms with Gasteiger partial charge in [-0.1, -0.05) is 13.5 Å². The monoisotopic (exact) mass is 183 g/mol. The molecule has 0 fully saturated rings. The molecule has 0 unspecified atom stereocenters. The first-order chi connectivity index (χ1) is 6.07. The Morgan fingerprint density at radius 2 is 2.00 bits per heavy atom. The van der Waals surface area contributed by atoms with Crippen molar-refractivity contribution in [1.82, 2.24) is 4.90 Å². The standard InChI is InChI=1S/C11H21NO/c1-5-12(4)9-7-6-8-11(13)10(2)3/h2,5-9H2,1,3-4H3. The van der Waals surface area contributed by atoms with Gasteiger partial charge in [-0.05, 0) is 45.5 Å². The molecule has 0 aliphatic carbocycles. The largest absolute Gasteiger partial charge is 0.307 e. The number of carbonyl (C=O) groups excluding carboxylic acids is 1. The second-order valence-electron chi connectivity index (χ2n) is 3.56. The first-order valence-electron chi connectivity index (χ1n) is 4.95. The highest BCUT2D eigenvalue weighted by molar-refractivity contribution is 5.93. The Kier molecular flexibility index (Phi) is 6.51. The summed E-state index contributed by atoms with van der Waals surface area (Å²) in [5.74, 6) is 0.208. The van der Waals surface area contributed by atoms with Gasteiger partial charge in [-0.25, -0.2) is 0 Å². The lowest BCUT2D eigenvalue weighted by Gasteiger charge is -2.12. The van der Waals surface area contributed by atoms with Crippen molar-refractivity contribution in [3.05, 3.63) is 12.2 Å². The predicted molar refractivity (Wildman–Crippen MR) is 56.8 cm³/mol. The van der Waals surface area contributed by atoms with Crippen LogP contribution >= 0.6 is 0 Å². The molecule has 0 atom stereocenters. The van der Waals surface area contributed by atoms with Crippen LogP contribution in [0.2, 0.25) is 0 Å². The van der Waals surface area contributed by atoms with Gasteiger partial charge in [0.1, 0.15) is 0 Å². The molecule has 0 saturated carbocycles.